The first kappa shape index (κ1) is 27.5. The summed E-state index contributed by atoms with van der Waals surface area (Å²) in [5.41, 5.74) is 4.26. The van der Waals surface area contributed by atoms with Crippen LogP contribution in [0.4, 0.5) is 5.69 Å². The fourth-order valence-corrected chi connectivity index (χ4v) is 7.64. The molecule has 9 heteroatoms. The Bertz CT molecular complexity index is 1570. The zero-order valence-corrected chi connectivity index (χ0v) is 24.3. The second-order valence-electron chi connectivity index (χ2n) is 11.8. The quantitative estimate of drug-likeness (QED) is 0.360. The van der Waals surface area contributed by atoms with Crippen molar-refractivity contribution in [2.75, 3.05) is 36.6 Å². The number of carbonyl (C=O) groups excluding carboxylic acids is 1. The van der Waals surface area contributed by atoms with Crippen LogP contribution in [0.25, 0.3) is 16.8 Å². The molecule has 0 N–H and O–H groups in total. The third kappa shape index (κ3) is 5.62. The van der Waals surface area contributed by atoms with Crippen LogP contribution in [0.5, 0.6) is 5.75 Å². The monoisotopic (exact) mass is 572 g/mol. The lowest BCUT2D eigenvalue weighted by Gasteiger charge is -2.31. The number of nitrogens with zero attached hydrogens (tertiary/aromatic N) is 4. The maximum atomic E-state index is 13.6. The molecule has 2 heterocycles. The van der Waals surface area contributed by atoms with Gasteiger partial charge in [-0.25, -0.2) is 13.1 Å². The van der Waals surface area contributed by atoms with Gasteiger partial charge in [-0.1, -0.05) is 37.1 Å². The van der Waals surface area contributed by atoms with E-state index in [1.165, 1.54) is 0 Å². The molecule has 0 bridgehead atoms. The number of benzene rings is 2. The summed E-state index contributed by atoms with van der Waals surface area (Å²) in [5, 5.41) is 14.8. The number of aromatic nitrogens is 2. The van der Waals surface area contributed by atoms with Gasteiger partial charge in [-0.2, -0.15) is 10.4 Å². The van der Waals surface area contributed by atoms with Crippen LogP contribution in [0.2, 0.25) is 0 Å². The van der Waals surface area contributed by atoms with Gasteiger partial charge in [0.2, 0.25) is 0 Å². The number of ketones is 1. The Labute approximate surface area is 241 Å². The summed E-state index contributed by atoms with van der Waals surface area (Å²) in [4.78, 5) is 15.7. The molecule has 2 atom stereocenters. The van der Waals surface area contributed by atoms with Crippen LogP contribution in [0, 0.1) is 22.7 Å². The molecule has 1 aliphatic heterocycles. The van der Waals surface area contributed by atoms with E-state index in [2.05, 4.69) is 23.1 Å². The van der Waals surface area contributed by atoms with Crippen molar-refractivity contribution in [1.82, 2.24) is 9.78 Å². The van der Waals surface area contributed by atoms with Gasteiger partial charge in [0.25, 0.3) is 0 Å². The average molecular weight is 573 g/mol. The highest BCUT2D eigenvalue weighted by molar-refractivity contribution is 7.91. The van der Waals surface area contributed by atoms with E-state index in [0.717, 1.165) is 66.7 Å². The highest BCUT2D eigenvalue weighted by atomic mass is 32.2. The molecule has 2 aliphatic carbocycles. The molecule has 3 aromatic rings. The first-order valence-electron chi connectivity index (χ1n) is 14.5. The molecule has 41 heavy (non-hydrogen) atoms. The van der Waals surface area contributed by atoms with E-state index < -0.39 is 15.3 Å². The minimum atomic E-state index is -2.95. The van der Waals surface area contributed by atoms with Crippen molar-refractivity contribution in [3.05, 3.63) is 60.4 Å². The maximum Gasteiger partial charge on any atom is 0.153 e. The fourth-order valence-electron chi connectivity index (χ4n) is 6.44. The van der Waals surface area contributed by atoms with Gasteiger partial charge in [0.05, 0.1) is 35.8 Å². The molecule has 0 amide bonds. The number of carbonyl (C=O) groups is 1. The summed E-state index contributed by atoms with van der Waals surface area (Å²) in [6, 6.07) is 18.4. The molecular weight excluding hydrogens is 536 g/mol. The molecule has 0 unspecified atom stereocenters. The van der Waals surface area contributed by atoms with Gasteiger partial charge in [-0.15, -0.1) is 0 Å². The number of hydrogen-bond donors (Lipinski definition) is 0. The van der Waals surface area contributed by atoms with E-state index in [4.69, 9.17) is 9.84 Å². The van der Waals surface area contributed by atoms with Crippen LogP contribution in [0.1, 0.15) is 56.6 Å². The summed E-state index contributed by atoms with van der Waals surface area (Å²) in [5.74, 6) is 1.09. The summed E-state index contributed by atoms with van der Waals surface area (Å²) in [6.45, 7) is 0.990. The molecular formula is C32H36N4O4S. The van der Waals surface area contributed by atoms with Gasteiger partial charge in [-0.3, -0.25) is 4.79 Å². The normalized spacial score (nSPS) is 23.0. The van der Waals surface area contributed by atoms with E-state index in [1.807, 2.05) is 47.3 Å². The Balaban J connectivity index is 1.37. The number of nitriles is 1. The van der Waals surface area contributed by atoms with Crippen molar-refractivity contribution < 1.29 is 17.9 Å². The SMILES string of the molecule is COc1ccccc1-n1cc(-c2ccc(N3CCS(=O)(=O)CC3)cc2)c([C@@H]2CCCC[C@H]2C(=O)CC2(C#N)CC2)n1. The molecule has 0 radical (unpaired) electrons. The zero-order valence-electron chi connectivity index (χ0n) is 23.5. The van der Waals surface area contributed by atoms with Gasteiger partial charge in [-0.05, 0) is 55.5 Å². The number of hydrogen-bond acceptors (Lipinski definition) is 7. The summed E-state index contributed by atoms with van der Waals surface area (Å²) >= 11 is 0. The first-order chi connectivity index (χ1) is 19.8. The number of rotatable bonds is 8. The number of anilines is 1. The van der Waals surface area contributed by atoms with Gasteiger partial charge >= 0.3 is 0 Å². The van der Waals surface area contributed by atoms with Crippen molar-refractivity contribution in [1.29, 1.82) is 5.26 Å². The lowest BCUT2D eigenvalue weighted by Crippen LogP contribution is -2.40. The van der Waals surface area contributed by atoms with Gasteiger partial charge in [0, 0.05) is 48.8 Å². The molecule has 6 rings (SSSR count). The van der Waals surface area contributed by atoms with Gasteiger partial charge in [0.1, 0.15) is 17.2 Å². The van der Waals surface area contributed by atoms with Crippen LogP contribution in [0.15, 0.2) is 54.7 Å². The van der Waals surface area contributed by atoms with Crippen molar-refractivity contribution in [3.63, 3.8) is 0 Å². The molecule has 2 saturated carbocycles. The van der Waals surface area contributed by atoms with Gasteiger partial charge in [0.15, 0.2) is 9.84 Å². The largest absolute Gasteiger partial charge is 0.494 e. The molecule has 2 aromatic carbocycles. The lowest BCUT2D eigenvalue weighted by molar-refractivity contribution is -0.125. The number of methoxy groups -OCH3 is 1. The minimum Gasteiger partial charge on any atom is -0.494 e. The third-order valence-electron chi connectivity index (χ3n) is 9.10. The summed E-state index contributed by atoms with van der Waals surface area (Å²) in [6.07, 6.45) is 7.75. The minimum absolute atomic E-state index is 0.0244. The highest BCUT2D eigenvalue weighted by Gasteiger charge is 2.47. The van der Waals surface area contributed by atoms with Crippen LogP contribution < -0.4 is 9.64 Å². The Morgan fingerprint density at radius 1 is 1.07 bits per heavy atom. The van der Waals surface area contributed by atoms with Crippen molar-refractivity contribution in [2.24, 2.45) is 11.3 Å². The predicted octanol–water partition coefficient (Wildman–Crippen LogP) is 5.32. The standard InChI is InChI=1S/C32H36N4O4S/c1-40-30-9-5-4-8-28(30)36-21-27(23-10-12-24(13-11-23)35-16-18-41(38,39)19-17-35)31(34-36)26-7-3-2-6-25(26)29(37)20-32(22-33)14-15-32/h4-5,8-13,21,25-26H,2-3,6-7,14-20H2,1H3/t25-,26-/m1/s1. The predicted molar refractivity (Wildman–Crippen MR) is 158 cm³/mol. The number of para-hydroxylation sites is 2. The smallest absolute Gasteiger partial charge is 0.153 e. The first-order valence-corrected chi connectivity index (χ1v) is 16.4. The van der Waals surface area contributed by atoms with Crippen molar-refractivity contribution in [2.45, 2.75) is 50.9 Å². The third-order valence-corrected chi connectivity index (χ3v) is 10.7. The Hall–Kier alpha value is -3.64. The van der Waals surface area contributed by atoms with E-state index in [1.54, 1.807) is 7.11 Å². The number of sulfone groups is 1. The Morgan fingerprint density at radius 2 is 1.78 bits per heavy atom. The molecule has 0 spiro atoms. The topological polar surface area (TPSA) is 105 Å². The molecule has 8 nitrogen and oxygen atoms in total. The second-order valence-corrected chi connectivity index (χ2v) is 14.1. The van der Waals surface area contributed by atoms with Crippen LogP contribution in [0.3, 0.4) is 0 Å². The van der Waals surface area contributed by atoms with Crippen LogP contribution >= 0.6 is 0 Å². The maximum absolute atomic E-state index is 13.6. The second kappa shape index (κ2) is 11.0. The zero-order chi connectivity index (χ0) is 28.6. The molecule has 1 saturated heterocycles. The van der Waals surface area contributed by atoms with Crippen LogP contribution in [-0.2, 0) is 14.6 Å². The molecule has 3 fully saturated rings. The fraction of sp³-hybridized carbons (Fsp3) is 0.469. The van der Waals surface area contributed by atoms with Crippen molar-refractivity contribution >= 4 is 21.3 Å². The average Bonchev–Trinajstić information content (AvgIpc) is 3.63. The number of ether oxygens (including phenoxy) is 1. The van der Waals surface area contributed by atoms with Crippen LogP contribution in [-0.4, -0.2) is 55.7 Å². The molecule has 1 aromatic heterocycles. The summed E-state index contributed by atoms with van der Waals surface area (Å²) < 4.78 is 31.3. The lowest BCUT2D eigenvalue weighted by atomic mass is 9.72. The van der Waals surface area contributed by atoms with E-state index in [0.29, 0.717) is 25.3 Å². The molecule has 214 valence electrons. The Kier molecular flexibility index (Phi) is 7.37. The van der Waals surface area contributed by atoms with E-state index in [-0.39, 0.29) is 29.1 Å². The molecule has 3 aliphatic rings. The number of Topliss-reactive ketones (excluding diaryl/α,β-unsaturated/α-hetero) is 1. The van der Waals surface area contributed by atoms with E-state index >= 15 is 0 Å². The van der Waals surface area contributed by atoms with Crippen molar-refractivity contribution in [3.8, 4) is 28.6 Å². The van der Waals surface area contributed by atoms with E-state index in [9.17, 15) is 18.5 Å². The van der Waals surface area contributed by atoms with Gasteiger partial charge < -0.3 is 9.64 Å². The highest BCUT2D eigenvalue weighted by Crippen LogP contribution is 2.51. The Morgan fingerprint density at radius 3 is 2.46 bits per heavy atom. The summed E-state index contributed by atoms with van der Waals surface area (Å²) in [7, 11) is -1.31.